The molecule has 3 aromatic carbocycles. The Kier molecular flexibility index (Phi) is 6.57. The number of nitrogens with two attached hydrogens (primary N) is 1. The van der Waals surface area contributed by atoms with E-state index < -0.39 is 27.8 Å². The first-order valence-electron chi connectivity index (χ1n) is 10.8. The van der Waals surface area contributed by atoms with E-state index in [1.54, 1.807) is 49.4 Å². The van der Waals surface area contributed by atoms with Crippen LogP contribution in [0.25, 0.3) is 5.76 Å². The number of primary sulfonamides is 1. The summed E-state index contributed by atoms with van der Waals surface area (Å²) in [7, 11) is -0.915. The summed E-state index contributed by atoms with van der Waals surface area (Å²) < 4.78 is 33.9. The highest BCUT2D eigenvalue weighted by Crippen LogP contribution is 2.43. The first kappa shape index (κ1) is 25.0. The molecule has 10 heteroatoms. The standard InChI is InChI=1S/C26H24N2O7S/c1-15-14-17(6-13-21(15)35-3)24(29)22-23(16-4-9-19(34-2)10-5-16)28(26(31)25(22)30)18-7-11-20(12-8-18)36(27,32)33/h4-14,23,29H,1-3H3,(H2,27,32,33)/b24-22+. The van der Waals surface area contributed by atoms with Crippen LogP contribution in [0.2, 0.25) is 0 Å². The fraction of sp³-hybridized carbons (Fsp3) is 0.154. The highest BCUT2D eigenvalue weighted by Gasteiger charge is 2.47. The Hall–Kier alpha value is -4.15. The van der Waals surface area contributed by atoms with E-state index in [0.29, 0.717) is 22.6 Å². The molecule has 0 saturated carbocycles. The Morgan fingerprint density at radius 3 is 2.11 bits per heavy atom. The summed E-state index contributed by atoms with van der Waals surface area (Å²) in [6.45, 7) is 1.79. The molecule has 1 fully saturated rings. The molecule has 0 aromatic heterocycles. The fourth-order valence-corrected chi connectivity index (χ4v) is 4.69. The van der Waals surface area contributed by atoms with Crippen molar-refractivity contribution in [2.75, 3.05) is 19.1 Å². The van der Waals surface area contributed by atoms with Crippen molar-refractivity contribution in [1.82, 2.24) is 0 Å². The maximum atomic E-state index is 13.3. The summed E-state index contributed by atoms with van der Waals surface area (Å²) >= 11 is 0. The number of sulfonamides is 1. The molecule has 0 radical (unpaired) electrons. The van der Waals surface area contributed by atoms with Crippen LogP contribution in [0.3, 0.4) is 0 Å². The van der Waals surface area contributed by atoms with Gasteiger partial charge in [-0.25, -0.2) is 13.6 Å². The summed E-state index contributed by atoms with van der Waals surface area (Å²) in [6.07, 6.45) is 0. The number of rotatable bonds is 6. The highest BCUT2D eigenvalue weighted by molar-refractivity contribution is 7.89. The number of hydrogen-bond acceptors (Lipinski definition) is 7. The summed E-state index contributed by atoms with van der Waals surface area (Å²) in [4.78, 5) is 27.6. The lowest BCUT2D eigenvalue weighted by Crippen LogP contribution is -2.29. The predicted molar refractivity (Wildman–Crippen MR) is 133 cm³/mol. The van der Waals surface area contributed by atoms with Gasteiger partial charge in [-0.05, 0) is 72.6 Å². The second-order valence-corrected chi connectivity index (χ2v) is 9.73. The van der Waals surface area contributed by atoms with Crippen LogP contribution in [-0.2, 0) is 19.6 Å². The number of ether oxygens (including phenoxy) is 2. The monoisotopic (exact) mass is 508 g/mol. The van der Waals surface area contributed by atoms with Gasteiger partial charge in [-0.3, -0.25) is 14.5 Å². The summed E-state index contributed by atoms with van der Waals surface area (Å²) in [6, 6.07) is 15.9. The minimum Gasteiger partial charge on any atom is -0.507 e. The van der Waals surface area contributed by atoms with Crippen molar-refractivity contribution in [3.05, 3.63) is 89.0 Å². The molecule has 1 atom stereocenters. The molecule has 9 nitrogen and oxygen atoms in total. The number of nitrogens with zero attached hydrogens (tertiary/aromatic N) is 1. The number of Topliss-reactive ketones (excluding diaryl/α,β-unsaturated/α-hetero) is 1. The molecule has 0 spiro atoms. The second-order valence-electron chi connectivity index (χ2n) is 8.17. The Labute approximate surface area is 208 Å². The molecule has 0 aliphatic carbocycles. The van der Waals surface area contributed by atoms with Gasteiger partial charge in [-0.15, -0.1) is 0 Å². The lowest BCUT2D eigenvalue weighted by Gasteiger charge is -2.25. The van der Waals surface area contributed by atoms with Gasteiger partial charge in [0.2, 0.25) is 10.0 Å². The number of anilines is 1. The third kappa shape index (κ3) is 4.43. The van der Waals surface area contributed by atoms with E-state index in [1.165, 1.54) is 43.4 Å². The van der Waals surface area contributed by atoms with Crippen molar-refractivity contribution in [1.29, 1.82) is 0 Å². The molecule has 4 rings (SSSR count). The quantitative estimate of drug-likeness (QED) is 0.296. The lowest BCUT2D eigenvalue weighted by molar-refractivity contribution is -0.132. The van der Waals surface area contributed by atoms with Crippen LogP contribution in [0.1, 0.15) is 22.7 Å². The molecule has 3 N–H and O–H groups in total. The van der Waals surface area contributed by atoms with E-state index >= 15 is 0 Å². The molecule has 1 unspecified atom stereocenters. The smallest absolute Gasteiger partial charge is 0.300 e. The Bertz CT molecular complexity index is 1480. The minimum absolute atomic E-state index is 0.106. The van der Waals surface area contributed by atoms with Crippen molar-refractivity contribution in [3.63, 3.8) is 0 Å². The van der Waals surface area contributed by atoms with E-state index in [0.717, 1.165) is 5.56 Å². The van der Waals surface area contributed by atoms with Gasteiger partial charge in [-0.2, -0.15) is 0 Å². The Balaban J connectivity index is 1.91. The van der Waals surface area contributed by atoms with Gasteiger partial charge in [0.15, 0.2) is 0 Å². The van der Waals surface area contributed by atoms with Crippen LogP contribution < -0.4 is 19.5 Å². The van der Waals surface area contributed by atoms with E-state index in [9.17, 15) is 23.1 Å². The van der Waals surface area contributed by atoms with Crippen molar-refractivity contribution in [3.8, 4) is 11.5 Å². The van der Waals surface area contributed by atoms with Crippen LogP contribution >= 0.6 is 0 Å². The largest absolute Gasteiger partial charge is 0.507 e. The van der Waals surface area contributed by atoms with Crippen LogP contribution in [0.4, 0.5) is 5.69 Å². The third-order valence-electron chi connectivity index (χ3n) is 5.99. The number of aliphatic hydroxyl groups is 1. The zero-order valence-electron chi connectivity index (χ0n) is 19.8. The van der Waals surface area contributed by atoms with Crippen LogP contribution in [0.15, 0.2) is 77.2 Å². The van der Waals surface area contributed by atoms with Gasteiger partial charge in [-0.1, -0.05) is 12.1 Å². The molecule has 1 aliphatic heterocycles. The van der Waals surface area contributed by atoms with Gasteiger partial charge in [0.25, 0.3) is 11.7 Å². The van der Waals surface area contributed by atoms with Crippen molar-refractivity contribution in [2.24, 2.45) is 5.14 Å². The predicted octanol–water partition coefficient (Wildman–Crippen LogP) is 3.29. The molecule has 3 aromatic rings. The van der Waals surface area contributed by atoms with Crippen LogP contribution in [0.5, 0.6) is 11.5 Å². The molecule has 1 saturated heterocycles. The van der Waals surface area contributed by atoms with E-state index in [-0.39, 0.29) is 21.9 Å². The number of aliphatic hydroxyl groups excluding tert-OH is 1. The SMILES string of the molecule is COc1ccc(C2/C(=C(\O)c3ccc(OC)c(C)c3)C(=O)C(=O)N2c2ccc(S(N)(=O)=O)cc2)cc1. The Morgan fingerprint density at radius 1 is 0.944 bits per heavy atom. The third-order valence-corrected chi connectivity index (χ3v) is 6.92. The van der Waals surface area contributed by atoms with Crippen LogP contribution in [0, 0.1) is 6.92 Å². The number of amides is 1. The van der Waals surface area contributed by atoms with Gasteiger partial charge in [0, 0.05) is 11.3 Å². The van der Waals surface area contributed by atoms with Crippen molar-refractivity contribution < 1.29 is 32.6 Å². The molecule has 0 bridgehead atoms. The van der Waals surface area contributed by atoms with Gasteiger partial charge >= 0.3 is 0 Å². The minimum atomic E-state index is -3.95. The Morgan fingerprint density at radius 2 is 1.58 bits per heavy atom. The average molecular weight is 509 g/mol. The van der Waals surface area contributed by atoms with Gasteiger partial charge in [0.1, 0.15) is 17.3 Å². The molecule has 1 heterocycles. The number of carbonyl (C=O) groups excluding carboxylic acids is 2. The zero-order valence-corrected chi connectivity index (χ0v) is 20.6. The first-order valence-corrected chi connectivity index (χ1v) is 12.3. The molecule has 36 heavy (non-hydrogen) atoms. The molecule has 1 amide bonds. The number of benzene rings is 3. The number of carbonyl (C=O) groups is 2. The van der Waals surface area contributed by atoms with Crippen molar-refractivity contribution in [2.45, 2.75) is 17.9 Å². The average Bonchev–Trinajstić information content (AvgIpc) is 3.13. The topological polar surface area (TPSA) is 136 Å². The van der Waals surface area contributed by atoms with E-state index in [2.05, 4.69) is 0 Å². The summed E-state index contributed by atoms with van der Waals surface area (Å²) in [5.74, 6) is -0.917. The first-order chi connectivity index (χ1) is 17.1. The molecule has 186 valence electrons. The lowest BCUT2D eigenvalue weighted by atomic mass is 9.94. The van der Waals surface area contributed by atoms with Crippen molar-refractivity contribution >= 4 is 33.2 Å². The van der Waals surface area contributed by atoms with E-state index in [1.807, 2.05) is 0 Å². The van der Waals surface area contributed by atoms with Crippen LogP contribution in [-0.4, -0.2) is 39.4 Å². The molecular weight excluding hydrogens is 484 g/mol. The van der Waals surface area contributed by atoms with Gasteiger partial charge in [0.05, 0.1) is 30.7 Å². The summed E-state index contributed by atoms with van der Waals surface area (Å²) in [5, 5.41) is 16.5. The fourth-order valence-electron chi connectivity index (χ4n) is 4.18. The molecular formula is C26H24N2O7S. The number of ketones is 1. The number of methoxy groups -OCH3 is 2. The van der Waals surface area contributed by atoms with Gasteiger partial charge < -0.3 is 14.6 Å². The second kappa shape index (κ2) is 9.48. The molecule has 1 aliphatic rings. The normalized spacial score (nSPS) is 17.3. The summed E-state index contributed by atoms with van der Waals surface area (Å²) in [5.41, 5.74) is 1.77. The maximum absolute atomic E-state index is 13.3. The van der Waals surface area contributed by atoms with E-state index in [4.69, 9.17) is 14.6 Å². The maximum Gasteiger partial charge on any atom is 0.300 e. The number of aryl methyl sites for hydroxylation is 1. The number of hydrogen-bond donors (Lipinski definition) is 2. The highest BCUT2D eigenvalue weighted by atomic mass is 32.2. The zero-order chi connectivity index (χ0) is 26.2.